The Morgan fingerprint density at radius 3 is 2.47 bits per heavy atom. The molecule has 0 spiro atoms. The van der Waals surface area contributed by atoms with E-state index in [0.717, 1.165) is 27.4 Å². The molecule has 0 radical (unpaired) electrons. The van der Waals surface area contributed by atoms with E-state index in [4.69, 9.17) is 17.2 Å². The summed E-state index contributed by atoms with van der Waals surface area (Å²) in [4.78, 5) is 31.8. The smallest absolute Gasteiger partial charge is 0.266 e. The number of benzene rings is 3. The van der Waals surface area contributed by atoms with Gasteiger partial charge in [-0.2, -0.15) is 0 Å². The lowest BCUT2D eigenvalue weighted by molar-refractivity contribution is -0.123. The Labute approximate surface area is 233 Å². The molecule has 190 valence electrons. The average molecular weight is 560 g/mol. The van der Waals surface area contributed by atoms with E-state index in [1.54, 1.807) is 29.5 Å². The lowest BCUT2D eigenvalue weighted by Gasteiger charge is -2.14. The first kappa shape index (κ1) is 26.0. The van der Waals surface area contributed by atoms with Crippen LogP contribution < -0.4 is 5.32 Å². The van der Waals surface area contributed by atoms with Crippen LogP contribution in [0.1, 0.15) is 17.5 Å². The van der Waals surface area contributed by atoms with Gasteiger partial charge >= 0.3 is 0 Å². The molecule has 1 aliphatic rings. The minimum absolute atomic E-state index is 0.134. The Bertz CT molecular complexity index is 1500. The van der Waals surface area contributed by atoms with Crippen molar-refractivity contribution in [3.63, 3.8) is 0 Å². The summed E-state index contributed by atoms with van der Waals surface area (Å²) in [5, 5.41) is 5.92. The van der Waals surface area contributed by atoms with Gasteiger partial charge in [0.05, 0.1) is 10.6 Å². The van der Waals surface area contributed by atoms with Gasteiger partial charge in [0.2, 0.25) is 5.91 Å². The SMILES string of the molecule is O=C(CCN1C(=O)/C(=C/c2ccc(F)cc2)SC1=S)NCc1ccc(-c2csc(-c3ccccc3)n2)cc1. The van der Waals surface area contributed by atoms with Crippen molar-refractivity contribution in [3.8, 4) is 21.8 Å². The van der Waals surface area contributed by atoms with Crippen LogP contribution in [0.15, 0.2) is 89.1 Å². The first-order valence-corrected chi connectivity index (χ1v) is 13.9. The predicted octanol–water partition coefficient (Wildman–Crippen LogP) is 6.52. The molecule has 1 aromatic heterocycles. The number of aromatic nitrogens is 1. The van der Waals surface area contributed by atoms with Crippen LogP contribution in [0.4, 0.5) is 4.39 Å². The monoisotopic (exact) mass is 559 g/mol. The van der Waals surface area contributed by atoms with Crippen LogP contribution in [0, 0.1) is 5.82 Å². The second-order valence-electron chi connectivity index (χ2n) is 8.51. The van der Waals surface area contributed by atoms with Crippen LogP contribution in [0.5, 0.6) is 0 Å². The van der Waals surface area contributed by atoms with E-state index in [9.17, 15) is 14.0 Å². The molecule has 38 heavy (non-hydrogen) atoms. The lowest BCUT2D eigenvalue weighted by atomic mass is 10.1. The largest absolute Gasteiger partial charge is 0.352 e. The van der Waals surface area contributed by atoms with Crippen molar-refractivity contribution in [2.75, 3.05) is 6.54 Å². The molecule has 1 N–H and O–H groups in total. The highest BCUT2D eigenvalue weighted by Gasteiger charge is 2.32. The molecule has 5 nitrogen and oxygen atoms in total. The fourth-order valence-electron chi connectivity index (χ4n) is 3.82. The average Bonchev–Trinajstić information content (AvgIpc) is 3.53. The Morgan fingerprint density at radius 2 is 1.74 bits per heavy atom. The maximum absolute atomic E-state index is 13.1. The Balaban J connectivity index is 1.11. The molecule has 0 bridgehead atoms. The summed E-state index contributed by atoms with van der Waals surface area (Å²) in [6, 6.07) is 23.9. The molecule has 4 aromatic rings. The van der Waals surface area contributed by atoms with Gasteiger partial charge in [-0.05, 0) is 29.3 Å². The van der Waals surface area contributed by atoms with Crippen molar-refractivity contribution < 1.29 is 14.0 Å². The fourth-order valence-corrected chi connectivity index (χ4v) is 5.96. The van der Waals surface area contributed by atoms with Gasteiger partial charge in [0.15, 0.2) is 0 Å². The van der Waals surface area contributed by atoms with Gasteiger partial charge in [-0.15, -0.1) is 11.3 Å². The zero-order chi connectivity index (χ0) is 26.5. The van der Waals surface area contributed by atoms with E-state index in [1.165, 1.54) is 28.8 Å². The van der Waals surface area contributed by atoms with E-state index in [1.807, 2.05) is 60.0 Å². The van der Waals surface area contributed by atoms with Crippen LogP contribution in [0.2, 0.25) is 0 Å². The predicted molar refractivity (Wildman–Crippen MR) is 156 cm³/mol. The molecule has 5 rings (SSSR count). The maximum atomic E-state index is 13.1. The van der Waals surface area contributed by atoms with E-state index in [2.05, 4.69) is 5.32 Å². The molecule has 2 heterocycles. The number of nitrogens with zero attached hydrogens (tertiary/aromatic N) is 2. The highest BCUT2D eigenvalue weighted by Crippen LogP contribution is 2.33. The number of thioether (sulfide) groups is 1. The molecule has 2 amide bonds. The van der Waals surface area contributed by atoms with Crippen molar-refractivity contribution in [2.24, 2.45) is 0 Å². The molecular weight excluding hydrogens is 538 g/mol. The number of rotatable bonds is 8. The van der Waals surface area contributed by atoms with Crippen LogP contribution >= 0.6 is 35.3 Å². The molecule has 0 unspecified atom stereocenters. The number of carbonyl (C=O) groups is 2. The maximum Gasteiger partial charge on any atom is 0.266 e. The van der Waals surface area contributed by atoms with Gasteiger partial charge in [-0.25, -0.2) is 9.37 Å². The van der Waals surface area contributed by atoms with Crippen molar-refractivity contribution in [3.05, 3.63) is 106 Å². The standard InChI is InChI=1S/C29H22FN3O2S3/c30-23-12-8-19(9-13-23)16-25-28(35)33(29(36)38-25)15-14-26(34)31-17-20-6-10-21(11-7-20)24-18-37-27(32-24)22-4-2-1-3-5-22/h1-13,16,18H,14-15,17H2,(H,31,34)/b25-16-. The number of hydrogen-bond acceptors (Lipinski definition) is 6. The number of amides is 2. The van der Waals surface area contributed by atoms with Crippen LogP contribution in [-0.4, -0.2) is 32.6 Å². The van der Waals surface area contributed by atoms with Gasteiger partial charge in [0, 0.05) is 36.0 Å². The van der Waals surface area contributed by atoms with Crippen molar-refractivity contribution in [1.82, 2.24) is 15.2 Å². The molecule has 0 aliphatic carbocycles. The number of carbonyl (C=O) groups excluding carboxylic acids is 2. The van der Waals surface area contributed by atoms with Crippen LogP contribution in [0.3, 0.4) is 0 Å². The molecule has 1 fully saturated rings. The summed E-state index contributed by atoms with van der Waals surface area (Å²) in [5.74, 6) is -0.753. The normalized spacial score (nSPS) is 14.3. The second kappa shape index (κ2) is 11.8. The van der Waals surface area contributed by atoms with Crippen molar-refractivity contribution in [1.29, 1.82) is 0 Å². The molecule has 0 saturated carbocycles. The molecule has 9 heteroatoms. The summed E-state index contributed by atoms with van der Waals surface area (Å²) in [5.41, 5.74) is 4.71. The molecule has 1 saturated heterocycles. The van der Waals surface area contributed by atoms with Gasteiger partial charge in [0.25, 0.3) is 5.91 Å². The Morgan fingerprint density at radius 1 is 1.00 bits per heavy atom. The number of hydrogen-bond donors (Lipinski definition) is 1. The first-order valence-electron chi connectivity index (χ1n) is 11.8. The summed E-state index contributed by atoms with van der Waals surface area (Å²) < 4.78 is 13.5. The molecule has 0 atom stereocenters. The summed E-state index contributed by atoms with van der Waals surface area (Å²) >= 11 is 8.13. The van der Waals surface area contributed by atoms with E-state index in [-0.39, 0.29) is 30.6 Å². The molecule has 3 aromatic carbocycles. The van der Waals surface area contributed by atoms with Gasteiger partial charge in [-0.3, -0.25) is 14.5 Å². The van der Waals surface area contributed by atoms with Crippen molar-refractivity contribution >= 4 is 57.5 Å². The Hall–Kier alpha value is -3.66. The third kappa shape index (κ3) is 6.24. The number of thiazole rings is 1. The number of thiocarbonyl (C=S) groups is 1. The summed E-state index contributed by atoms with van der Waals surface area (Å²) in [6.45, 7) is 0.581. The molecule has 1 aliphatic heterocycles. The minimum atomic E-state index is -0.339. The van der Waals surface area contributed by atoms with Crippen LogP contribution in [0.25, 0.3) is 27.9 Å². The highest BCUT2D eigenvalue weighted by molar-refractivity contribution is 8.26. The zero-order valence-electron chi connectivity index (χ0n) is 20.1. The quantitative estimate of drug-likeness (QED) is 0.197. The van der Waals surface area contributed by atoms with Crippen molar-refractivity contribution in [2.45, 2.75) is 13.0 Å². The molecular formula is C29H22FN3O2S3. The second-order valence-corrected chi connectivity index (χ2v) is 11.0. The van der Waals surface area contributed by atoms with Gasteiger partial charge in [0.1, 0.15) is 15.1 Å². The summed E-state index contributed by atoms with van der Waals surface area (Å²) in [6.07, 6.45) is 1.81. The topological polar surface area (TPSA) is 62.3 Å². The highest BCUT2D eigenvalue weighted by atomic mass is 32.2. The van der Waals surface area contributed by atoms with Gasteiger partial charge < -0.3 is 5.32 Å². The van der Waals surface area contributed by atoms with Gasteiger partial charge in [-0.1, -0.05) is 90.7 Å². The Kier molecular flexibility index (Phi) is 8.07. The van der Waals surface area contributed by atoms with E-state index >= 15 is 0 Å². The number of halogens is 1. The summed E-state index contributed by atoms with van der Waals surface area (Å²) in [7, 11) is 0. The third-order valence-electron chi connectivity index (χ3n) is 5.87. The zero-order valence-corrected chi connectivity index (χ0v) is 22.5. The first-order chi connectivity index (χ1) is 18.5. The number of nitrogens with one attached hydrogen (secondary N) is 1. The fraction of sp³-hybridized carbons (Fsp3) is 0.103. The minimum Gasteiger partial charge on any atom is -0.352 e. The lowest BCUT2D eigenvalue weighted by Crippen LogP contribution is -2.33. The van der Waals surface area contributed by atoms with E-state index in [0.29, 0.717) is 21.3 Å². The van der Waals surface area contributed by atoms with Crippen LogP contribution in [-0.2, 0) is 16.1 Å². The third-order valence-corrected chi connectivity index (χ3v) is 8.14. The van der Waals surface area contributed by atoms with E-state index < -0.39 is 0 Å².